The van der Waals surface area contributed by atoms with Crippen molar-refractivity contribution in [1.82, 2.24) is 4.90 Å². The van der Waals surface area contributed by atoms with Crippen LogP contribution >= 0.6 is 11.3 Å². The quantitative estimate of drug-likeness (QED) is 0.799. The molecule has 2 rings (SSSR count). The first kappa shape index (κ1) is 13.5. The van der Waals surface area contributed by atoms with E-state index in [1.807, 2.05) is 5.38 Å². The molecule has 1 fully saturated rings. The van der Waals surface area contributed by atoms with Gasteiger partial charge < -0.3 is 4.90 Å². The second kappa shape index (κ2) is 5.36. The molecule has 0 bridgehead atoms. The van der Waals surface area contributed by atoms with E-state index in [4.69, 9.17) is 0 Å². The van der Waals surface area contributed by atoms with Gasteiger partial charge in [0.25, 0.3) is 5.91 Å². The molecule has 1 unspecified atom stereocenters. The van der Waals surface area contributed by atoms with Gasteiger partial charge in [0.05, 0.1) is 10.6 Å². The number of likely N-dealkylation sites (tertiary alicyclic amines) is 1. The molecule has 1 aliphatic heterocycles. The third-order valence-electron chi connectivity index (χ3n) is 2.97. The predicted molar refractivity (Wildman–Crippen MR) is 67.8 cm³/mol. The first-order valence-electron chi connectivity index (χ1n) is 5.71. The Morgan fingerprint density at radius 1 is 1.56 bits per heavy atom. The van der Waals surface area contributed by atoms with Crippen LogP contribution in [0.15, 0.2) is 17.5 Å². The third kappa shape index (κ3) is 3.52. The molecule has 1 aliphatic rings. The van der Waals surface area contributed by atoms with Crippen LogP contribution in [0.4, 0.5) is 3.89 Å². The number of carbonyl (C=O) groups is 1. The van der Waals surface area contributed by atoms with Gasteiger partial charge in [0.2, 0.25) is 0 Å². The number of hydrogen-bond acceptors (Lipinski definition) is 4. The molecule has 4 nitrogen and oxygen atoms in total. The molecule has 2 heterocycles. The molecule has 0 spiro atoms. The van der Waals surface area contributed by atoms with Crippen LogP contribution in [0.25, 0.3) is 0 Å². The van der Waals surface area contributed by atoms with Gasteiger partial charge in [-0.2, -0.15) is 8.42 Å². The summed E-state index contributed by atoms with van der Waals surface area (Å²) in [5.41, 5.74) is 0. The van der Waals surface area contributed by atoms with Crippen molar-refractivity contribution in [3.05, 3.63) is 22.4 Å². The van der Waals surface area contributed by atoms with E-state index in [2.05, 4.69) is 0 Å². The summed E-state index contributed by atoms with van der Waals surface area (Å²) in [7, 11) is -4.46. The van der Waals surface area contributed by atoms with Crippen molar-refractivity contribution in [1.29, 1.82) is 0 Å². The highest BCUT2D eigenvalue weighted by Gasteiger charge is 2.28. The SMILES string of the molecule is O=C(c1cccs1)N1CCCC(CS(=O)(=O)F)C1. The van der Waals surface area contributed by atoms with Crippen molar-refractivity contribution < 1.29 is 17.1 Å². The van der Waals surface area contributed by atoms with Gasteiger partial charge in [-0.1, -0.05) is 6.07 Å². The summed E-state index contributed by atoms with van der Waals surface area (Å²) < 4.78 is 33.9. The molecule has 0 aliphatic carbocycles. The Bertz CT molecular complexity index is 512. The van der Waals surface area contributed by atoms with Crippen LogP contribution in [0, 0.1) is 5.92 Å². The molecule has 1 amide bonds. The zero-order valence-electron chi connectivity index (χ0n) is 9.71. The number of carbonyl (C=O) groups excluding carboxylic acids is 1. The van der Waals surface area contributed by atoms with Gasteiger partial charge in [-0.3, -0.25) is 4.79 Å². The number of halogens is 1. The lowest BCUT2D eigenvalue weighted by Crippen LogP contribution is -2.41. The van der Waals surface area contributed by atoms with Crippen molar-refractivity contribution in [2.24, 2.45) is 5.92 Å². The van der Waals surface area contributed by atoms with Crippen molar-refractivity contribution >= 4 is 27.5 Å². The highest BCUT2D eigenvalue weighted by atomic mass is 32.3. The number of nitrogens with zero attached hydrogens (tertiary/aromatic N) is 1. The minimum Gasteiger partial charge on any atom is -0.338 e. The molecule has 0 saturated carbocycles. The molecule has 100 valence electrons. The standard InChI is InChI=1S/C11H14FNO3S2/c12-18(15,16)8-9-3-1-5-13(7-9)11(14)10-4-2-6-17-10/h2,4,6,9H,1,3,5,7-8H2. The summed E-state index contributed by atoms with van der Waals surface area (Å²) in [6.45, 7) is 0.930. The van der Waals surface area contributed by atoms with Crippen LogP contribution in [0.2, 0.25) is 0 Å². The lowest BCUT2D eigenvalue weighted by atomic mass is 10.00. The number of rotatable bonds is 3. The van der Waals surface area contributed by atoms with E-state index in [1.54, 1.807) is 17.0 Å². The maximum Gasteiger partial charge on any atom is 0.302 e. The predicted octanol–water partition coefficient (Wildman–Crippen LogP) is 1.90. The monoisotopic (exact) mass is 291 g/mol. The Balaban J connectivity index is 2.01. The fourth-order valence-corrected chi connectivity index (χ4v) is 3.75. The van der Waals surface area contributed by atoms with Crippen molar-refractivity contribution in [3.8, 4) is 0 Å². The van der Waals surface area contributed by atoms with E-state index in [0.717, 1.165) is 6.42 Å². The van der Waals surface area contributed by atoms with Gasteiger partial charge in [-0.15, -0.1) is 15.2 Å². The largest absolute Gasteiger partial charge is 0.338 e. The van der Waals surface area contributed by atoms with E-state index in [9.17, 15) is 17.1 Å². The van der Waals surface area contributed by atoms with E-state index >= 15 is 0 Å². The minimum absolute atomic E-state index is 0.0917. The molecular weight excluding hydrogens is 277 g/mol. The molecule has 7 heteroatoms. The van der Waals surface area contributed by atoms with Crippen molar-refractivity contribution in [2.45, 2.75) is 12.8 Å². The molecule has 1 aromatic heterocycles. The number of thiophene rings is 1. The second-order valence-corrected chi connectivity index (χ2v) is 6.80. The van der Waals surface area contributed by atoms with Crippen LogP contribution in [0.3, 0.4) is 0 Å². The van der Waals surface area contributed by atoms with Crippen LogP contribution in [-0.4, -0.2) is 38.1 Å². The first-order chi connectivity index (χ1) is 8.46. The van der Waals surface area contributed by atoms with Crippen LogP contribution in [-0.2, 0) is 10.2 Å². The maximum absolute atomic E-state index is 12.6. The maximum atomic E-state index is 12.6. The summed E-state index contributed by atoms with van der Waals surface area (Å²) in [5.74, 6) is -0.870. The lowest BCUT2D eigenvalue weighted by molar-refractivity contribution is 0.0688. The lowest BCUT2D eigenvalue weighted by Gasteiger charge is -2.31. The molecule has 1 saturated heterocycles. The summed E-state index contributed by atoms with van der Waals surface area (Å²) >= 11 is 1.36. The topological polar surface area (TPSA) is 54.5 Å². The zero-order valence-corrected chi connectivity index (χ0v) is 11.3. The Morgan fingerprint density at radius 2 is 2.33 bits per heavy atom. The summed E-state index contributed by atoms with van der Waals surface area (Å²) in [6.07, 6.45) is 1.37. The smallest absolute Gasteiger partial charge is 0.302 e. The van der Waals surface area contributed by atoms with E-state index in [0.29, 0.717) is 24.4 Å². The fraction of sp³-hybridized carbons (Fsp3) is 0.545. The summed E-state index contributed by atoms with van der Waals surface area (Å²) in [5, 5.41) is 1.82. The van der Waals surface area contributed by atoms with E-state index in [1.165, 1.54) is 11.3 Å². The molecule has 1 aromatic rings. The number of hydrogen-bond donors (Lipinski definition) is 0. The average Bonchev–Trinajstić information content (AvgIpc) is 2.79. The Hall–Kier alpha value is -0.950. The number of amides is 1. The van der Waals surface area contributed by atoms with E-state index in [-0.39, 0.29) is 11.8 Å². The van der Waals surface area contributed by atoms with Gasteiger partial charge in [0.15, 0.2) is 0 Å². The van der Waals surface area contributed by atoms with Crippen molar-refractivity contribution in [3.63, 3.8) is 0 Å². The van der Waals surface area contributed by atoms with Crippen LogP contribution in [0.1, 0.15) is 22.5 Å². The van der Waals surface area contributed by atoms with Crippen LogP contribution in [0.5, 0.6) is 0 Å². The minimum atomic E-state index is -4.46. The van der Waals surface area contributed by atoms with Gasteiger partial charge in [-0.05, 0) is 30.2 Å². The normalized spacial score (nSPS) is 20.9. The molecular formula is C11H14FNO3S2. The van der Waals surface area contributed by atoms with Gasteiger partial charge in [0, 0.05) is 13.1 Å². The van der Waals surface area contributed by atoms with E-state index < -0.39 is 16.0 Å². The van der Waals surface area contributed by atoms with Gasteiger partial charge >= 0.3 is 10.2 Å². The molecule has 0 radical (unpaired) electrons. The number of piperidine rings is 1. The Morgan fingerprint density at radius 3 is 2.94 bits per heavy atom. The zero-order chi connectivity index (χ0) is 13.2. The highest BCUT2D eigenvalue weighted by Crippen LogP contribution is 2.21. The fourth-order valence-electron chi connectivity index (χ4n) is 2.22. The summed E-state index contributed by atoms with van der Waals surface area (Å²) in [6, 6.07) is 3.54. The molecule has 1 atom stereocenters. The van der Waals surface area contributed by atoms with Crippen molar-refractivity contribution in [2.75, 3.05) is 18.8 Å². The molecule has 0 N–H and O–H groups in total. The van der Waals surface area contributed by atoms with Gasteiger partial charge in [-0.25, -0.2) is 0 Å². The third-order valence-corrected chi connectivity index (χ3v) is 4.70. The summed E-state index contributed by atoms with van der Waals surface area (Å²) in [4.78, 5) is 14.3. The van der Waals surface area contributed by atoms with Crippen LogP contribution < -0.4 is 0 Å². The average molecular weight is 291 g/mol. The Kier molecular flexibility index (Phi) is 4.01. The molecule has 18 heavy (non-hydrogen) atoms. The second-order valence-electron chi connectivity index (χ2n) is 4.44. The first-order valence-corrected chi connectivity index (χ1v) is 8.14. The van der Waals surface area contributed by atoms with Gasteiger partial charge in [0.1, 0.15) is 0 Å². The Labute approximate surface area is 110 Å². The highest BCUT2D eigenvalue weighted by molar-refractivity contribution is 7.86. The molecule has 0 aromatic carbocycles.